The molecule has 5 nitrogen and oxygen atoms in total. The number of para-hydroxylation sites is 2. The van der Waals surface area contributed by atoms with E-state index in [9.17, 15) is 14.0 Å². The van der Waals surface area contributed by atoms with Crippen molar-refractivity contribution in [2.45, 2.75) is 12.5 Å². The van der Waals surface area contributed by atoms with Gasteiger partial charge in [-0.2, -0.15) is 0 Å². The summed E-state index contributed by atoms with van der Waals surface area (Å²) in [6.45, 7) is 0.218. The van der Waals surface area contributed by atoms with Crippen molar-refractivity contribution in [1.82, 2.24) is 5.32 Å². The zero-order valence-corrected chi connectivity index (χ0v) is 13.4. The molecule has 0 saturated carbocycles. The van der Waals surface area contributed by atoms with Gasteiger partial charge in [-0.15, -0.1) is 0 Å². The van der Waals surface area contributed by atoms with Crippen LogP contribution in [0.25, 0.3) is 0 Å². The van der Waals surface area contributed by atoms with Gasteiger partial charge in [0, 0.05) is 13.0 Å². The number of hydrogen-bond acceptors (Lipinski definition) is 2. The molecule has 1 aliphatic heterocycles. The number of carbonyl (C=O) groups is 2. The first-order chi connectivity index (χ1) is 11.5. The summed E-state index contributed by atoms with van der Waals surface area (Å²) in [6.07, 6.45) is 0.115. The third-order valence-electron chi connectivity index (χ3n) is 3.73. The summed E-state index contributed by atoms with van der Waals surface area (Å²) in [7, 11) is 0. The maximum Gasteiger partial charge on any atom is 0.319 e. The summed E-state index contributed by atoms with van der Waals surface area (Å²) in [5.41, 5.74) is 0.699. The van der Waals surface area contributed by atoms with E-state index in [1.54, 1.807) is 42.5 Å². The Bertz CT molecular complexity index is 784. The third-order valence-corrected chi connectivity index (χ3v) is 4.06. The number of urea groups is 1. The molecule has 124 valence electrons. The van der Waals surface area contributed by atoms with Crippen LogP contribution in [0.1, 0.15) is 6.42 Å². The van der Waals surface area contributed by atoms with Crippen LogP contribution in [-0.2, 0) is 4.79 Å². The standard InChI is InChI=1S/C17H15ClFN3O2/c18-12-5-1-3-7-14(12)21-17(24)20-11-9-16(23)22(10-11)15-8-4-2-6-13(15)19/h1-8,11H,9-10H2,(H2,20,21,24). The van der Waals surface area contributed by atoms with Crippen molar-refractivity contribution >= 4 is 34.9 Å². The monoisotopic (exact) mass is 347 g/mol. The normalized spacial score (nSPS) is 17.0. The highest BCUT2D eigenvalue weighted by Gasteiger charge is 2.32. The molecule has 1 atom stereocenters. The Hall–Kier alpha value is -2.60. The van der Waals surface area contributed by atoms with E-state index in [4.69, 9.17) is 11.6 Å². The van der Waals surface area contributed by atoms with Gasteiger partial charge < -0.3 is 15.5 Å². The van der Waals surface area contributed by atoms with Gasteiger partial charge in [0.25, 0.3) is 0 Å². The molecular formula is C17H15ClFN3O2. The minimum Gasteiger partial charge on any atom is -0.333 e. The van der Waals surface area contributed by atoms with Gasteiger partial charge in [0.2, 0.25) is 5.91 Å². The lowest BCUT2D eigenvalue weighted by Crippen LogP contribution is -2.39. The highest BCUT2D eigenvalue weighted by molar-refractivity contribution is 6.33. The minimum atomic E-state index is -0.466. The molecule has 2 N–H and O–H groups in total. The summed E-state index contributed by atoms with van der Waals surface area (Å²) in [4.78, 5) is 25.5. The Kier molecular flexibility index (Phi) is 4.66. The second-order valence-electron chi connectivity index (χ2n) is 5.44. The SMILES string of the molecule is O=C(Nc1ccccc1Cl)NC1CC(=O)N(c2ccccc2F)C1. The molecule has 1 unspecified atom stereocenters. The fourth-order valence-corrected chi connectivity index (χ4v) is 2.80. The zero-order chi connectivity index (χ0) is 17.1. The quantitative estimate of drug-likeness (QED) is 0.893. The van der Waals surface area contributed by atoms with Crippen LogP contribution in [0.4, 0.5) is 20.6 Å². The van der Waals surface area contributed by atoms with Crippen LogP contribution in [-0.4, -0.2) is 24.5 Å². The van der Waals surface area contributed by atoms with E-state index >= 15 is 0 Å². The lowest BCUT2D eigenvalue weighted by molar-refractivity contribution is -0.117. The van der Waals surface area contributed by atoms with Crippen LogP contribution in [0.2, 0.25) is 5.02 Å². The highest BCUT2D eigenvalue weighted by atomic mass is 35.5. The first-order valence-electron chi connectivity index (χ1n) is 7.41. The molecule has 7 heteroatoms. The van der Waals surface area contributed by atoms with Gasteiger partial charge in [-0.1, -0.05) is 35.9 Å². The summed E-state index contributed by atoms with van der Waals surface area (Å²) >= 11 is 5.98. The average molecular weight is 348 g/mol. The van der Waals surface area contributed by atoms with Crippen molar-refractivity contribution in [3.8, 4) is 0 Å². The maximum absolute atomic E-state index is 13.8. The maximum atomic E-state index is 13.8. The summed E-state index contributed by atoms with van der Waals surface area (Å²) in [6, 6.07) is 12.0. The van der Waals surface area contributed by atoms with Crippen LogP contribution in [0.15, 0.2) is 48.5 Å². The van der Waals surface area contributed by atoms with Crippen molar-refractivity contribution < 1.29 is 14.0 Å². The Morgan fingerprint density at radius 3 is 2.62 bits per heavy atom. The molecular weight excluding hydrogens is 333 g/mol. The first-order valence-corrected chi connectivity index (χ1v) is 7.79. The second-order valence-corrected chi connectivity index (χ2v) is 5.84. The van der Waals surface area contributed by atoms with E-state index in [1.165, 1.54) is 11.0 Å². The molecule has 1 fully saturated rings. The summed E-state index contributed by atoms with van der Waals surface area (Å²) < 4.78 is 13.8. The van der Waals surface area contributed by atoms with Crippen LogP contribution >= 0.6 is 11.6 Å². The molecule has 0 spiro atoms. The first kappa shape index (κ1) is 16.3. The molecule has 0 radical (unpaired) electrons. The van der Waals surface area contributed by atoms with E-state index in [0.717, 1.165) is 0 Å². The molecule has 1 heterocycles. The van der Waals surface area contributed by atoms with Gasteiger partial charge in [-0.3, -0.25) is 4.79 Å². The number of nitrogens with one attached hydrogen (secondary N) is 2. The molecule has 0 bridgehead atoms. The van der Waals surface area contributed by atoms with Crippen molar-refractivity contribution in [3.63, 3.8) is 0 Å². The summed E-state index contributed by atoms with van der Waals surface area (Å²) in [5, 5.41) is 5.76. The topological polar surface area (TPSA) is 61.4 Å². The van der Waals surface area contributed by atoms with E-state index in [-0.39, 0.29) is 24.6 Å². The van der Waals surface area contributed by atoms with Crippen LogP contribution in [0.3, 0.4) is 0 Å². The van der Waals surface area contributed by atoms with Gasteiger partial charge in [0.15, 0.2) is 0 Å². The van der Waals surface area contributed by atoms with Crippen molar-refractivity contribution in [3.05, 3.63) is 59.4 Å². The smallest absolute Gasteiger partial charge is 0.319 e. The van der Waals surface area contributed by atoms with Gasteiger partial charge in [-0.25, -0.2) is 9.18 Å². The van der Waals surface area contributed by atoms with E-state index < -0.39 is 17.9 Å². The number of anilines is 2. The number of hydrogen-bond donors (Lipinski definition) is 2. The van der Waals surface area contributed by atoms with Gasteiger partial charge in [-0.05, 0) is 24.3 Å². The van der Waals surface area contributed by atoms with Crippen molar-refractivity contribution in [1.29, 1.82) is 0 Å². The number of nitrogens with zero attached hydrogens (tertiary/aromatic N) is 1. The van der Waals surface area contributed by atoms with Gasteiger partial charge in [0.05, 0.1) is 22.4 Å². The predicted molar refractivity (Wildman–Crippen MR) is 90.8 cm³/mol. The predicted octanol–water partition coefficient (Wildman–Crippen LogP) is 3.41. The zero-order valence-electron chi connectivity index (χ0n) is 12.6. The number of carbonyl (C=O) groups excluding carboxylic acids is 2. The lowest BCUT2D eigenvalue weighted by atomic mass is 10.2. The Morgan fingerprint density at radius 1 is 1.17 bits per heavy atom. The van der Waals surface area contributed by atoms with Gasteiger partial charge >= 0.3 is 6.03 Å². The number of amides is 3. The van der Waals surface area contributed by atoms with Crippen LogP contribution < -0.4 is 15.5 Å². The molecule has 1 aliphatic rings. The van der Waals surface area contributed by atoms with Crippen molar-refractivity contribution in [2.75, 3.05) is 16.8 Å². The van der Waals surface area contributed by atoms with Crippen LogP contribution in [0, 0.1) is 5.82 Å². The molecule has 1 saturated heterocycles. The molecule has 2 aromatic carbocycles. The molecule has 3 amide bonds. The minimum absolute atomic E-state index is 0.115. The highest BCUT2D eigenvalue weighted by Crippen LogP contribution is 2.25. The third kappa shape index (κ3) is 3.49. The van der Waals surface area contributed by atoms with Crippen molar-refractivity contribution in [2.24, 2.45) is 0 Å². The molecule has 24 heavy (non-hydrogen) atoms. The number of halogens is 2. The Balaban J connectivity index is 1.63. The van der Waals surface area contributed by atoms with E-state index in [0.29, 0.717) is 10.7 Å². The Labute approximate surface area is 143 Å². The van der Waals surface area contributed by atoms with Gasteiger partial charge in [0.1, 0.15) is 5.82 Å². The van der Waals surface area contributed by atoms with Crippen LogP contribution in [0.5, 0.6) is 0 Å². The van der Waals surface area contributed by atoms with E-state index in [1.807, 2.05) is 0 Å². The van der Waals surface area contributed by atoms with E-state index in [2.05, 4.69) is 10.6 Å². The molecule has 0 aliphatic carbocycles. The largest absolute Gasteiger partial charge is 0.333 e. The average Bonchev–Trinajstić information content (AvgIpc) is 2.90. The fraction of sp³-hybridized carbons (Fsp3) is 0.176. The Morgan fingerprint density at radius 2 is 1.88 bits per heavy atom. The molecule has 0 aromatic heterocycles. The number of benzene rings is 2. The fourth-order valence-electron chi connectivity index (χ4n) is 2.61. The molecule has 2 aromatic rings. The second kappa shape index (κ2) is 6.88. The summed E-state index contributed by atoms with van der Waals surface area (Å²) in [5.74, 6) is -0.699. The number of rotatable bonds is 3. The molecule has 3 rings (SSSR count). The lowest BCUT2D eigenvalue weighted by Gasteiger charge is -2.18.